The Kier molecular flexibility index (Phi) is 4.41. The smallest absolute Gasteiger partial charge is 0.407 e. The first-order valence-corrected chi connectivity index (χ1v) is 6.59. The van der Waals surface area contributed by atoms with Crippen molar-refractivity contribution in [3.63, 3.8) is 0 Å². The van der Waals surface area contributed by atoms with E-state index in [1.807, 2.05) is 4.90 Å². The second kappa shape index (κ2) is 6.05. The van der Waals surface area contributed by atoms with Crippen molar-refractivity contribution in [2.45, 2.75) is 12.5 Å². The maximum absolute atomic E-state index is 11.1. The minimum atomic E-state index is -0.416. The van der Waals surface area contributed by atoms with Crippen LogP contribution >= 0.6 is 15.9 Å². The predicted molar refractivity (Wildman–Crippen MR) is 72.4 cm³/mol. The molecular formula is C11H15BrN4O3. The molecule has 104 valence electrons. The molecule has 1 aromatic rings. The molecule has 1 aromatic heterocycles. The van der Waals surface area contributed by atoms with Gasteiger partial charge in [-0.05, 0) is 22.4 Å². The number of ether oxygens (including phenoxy) is 2. The summed E-state index contributed by atoms with van der Waals surface area (Å²) in [5, 5.41) is 2.77. The Labute approximate surface area is 119 Å². The highest BCUT2D eigenvalue weighted by atomic mass is 79.9. The van der Waals surface area contributed by atoms with Crippen LogP contribution < -0.4 is 15.0 Å². The van der Waals surface area contributed by atoms with Gasteiger partial charge in [-0.1, -0.05) is 0 Å². The van der Waals surface area contributed by atoms with Crippen LogP contribution in [-0.4, -0.2) is 49.4 Å². The van der Waals surface area contributed by atoms with Crippen LogP contribution in [0, 0.1) is 0 Å². The highest BCUT2D eigenvalue weighted by molar-refractivity contribution is 9.10. The molecule has 0 spiro atoms. The van der Waals surface area contributed by atoms with Gasteiger partial charge in [-0.3, -0.25) is 0 Å². The summed E-state index contributed by atoms with van der Waals surface area (Å²) in [5.41, 5.74) is 0. The third kappa shape index (κ3) is 3.25. The Bertz CT molecular complexity index is 471. The van der Waals surface area contributed by atoms with Crippen molar-refractivity contribution < 1.29 is 14.3 Å². The van der Waals surface area contributed by atoms with E-state index in [4.69, 9.17) is 4.74 Å². The van der Waals surface area contributed by atoms with Crippen LogP contribution in [0.3, 0.4) is 0 Å². The summed E-state index contributed by atoms with van der Waals surface area (Å²) in [6.07, 6.45) is 2.07. The fourth-order valence-corrected chi connectivity index (χ4v) is 2.28. The maximum atomic E-state index is 11.1. The third-order valence-corrected chi connectivity index (χ3v) is 3.41. The van der Waals surface area contributed by atoms with Crippen molar-refractivity contribution in [2.75, 3.05) is 32.2 Å². The maximum Gasteiger partial charge on any atom is 0.407 e. The summed E-state index contributed by atoms with van der Waals surface area (Å²) < 4.78 is 10.4. The fourth-order valence-electron chi connectivity index (χ4n) is 1.92. The molecule has 8 heteroatoms. The van der Waals surface area contributed by atoms with Gasteiger partial charge in [0, 0.05) is 13.1 Å². The van der Waals surface area contributed by atoms with Crippen molar-refractivity contribution in [1.29, 1.82) is 0 Å². The van der Waals surface area contributed by atoms with Crippen LogP contribution in [0.4, 0.5) is 10.7 Å². The number of carbonyl (C=O) groups excluding carboxylic acids is 1. The zero-order valence-corrected chi connectivity index (χ0v) is 12.3. The highest BCUT2D eigenvalue weighted by Gasteiger charge is 2.26. The van der Waals surface area contributed by atoms with Crippen LogP contribution in [0.5, 0.6) is 5.88 Å². The van der Waals surface area contributed by atoms with Crippen molar-refractivity contribution in [3.8, 4) is 5.88 Å². The Morgan fingerprint density at radius 3 is 3.05 bits per heavy atom. The lowest BCUT2D eigenvalue weighted by Gasteiger charge is -2.17. The molecule has 19 heavy (non-hydrogen) atoms. The van der Waals surface area contributed by atoms with Crippen LogP contribution in [0.15, 0.2) is 10.7 Å². The lowest BCUT2D eigenvalue weighted by Crippen LogP contribution is -2.37. The first kappa shape index (κ1) is 13.9. The first-order valence-electron chi connectivity index (χ1n) is 5.80. The lowest BCUT2D eigenvalue weighted by atomic mass is 10.3. The number of amides is 1. The number of carbonyl (C=O) groups is 1. The summed E-state index contributed by atoms with van der Waals surface area (Å²) in [7, 11) is 2.91. The SMILES string of the molecule is COC(=O)NC1CCN(c2ncc(Br)c(OC)n2)C1. The summed E-state index contributed by atoms with van der Waals surface area (Å²) in [6.45, 7) is 1.43. The van der Waals surface area contributed by atoms with E-state index in [1.165, 1.54) is 7.11 Å². The minimum Gasteiger partial charge on any atom is -0.480 e. The molecule has 1 unspecified atom stereocenters. The zero-order chi connectivity index (χ0) is 13.8. The molecule has 1 atom stereocenters. The van der Waals surface area contributed by atoms with Crippen LogP contribution in [0.2, 0.25) is 0 Å². The standard InChI is InChI=1S/C11H15BrN4O3/c1-18-9-8(12)5-13-10(15-9)16-4-3-7(6-16)14-11(17)19-2/h5,7H,3-4,6H2,1-2H3,(H,14,17). The van der Waals surface area contributed by atoms with E-state index in [9.17, 15) is 4.79 Å². The number of hydrogen-bond donors (Lipinski definition) is 1. The van der Waals surface area contributed by atoms with Gasteiger partial charge in [0.2, 0.25) is 11.8 Å². The second-order valence-corrected chi connectivity index (χ2v) is 4.95. The molecule has 0 radical (unpaired) electrons. The second-order valence-electron chi connectivity index (χ2n) is 4.09. The topological polar surface area (TPSA) is 76.6 Å². The number of hydrogen-bond acceptors (Lipinski definition) is 6. The number of nitrogens with zero attached hydrogens (tertiary/aromatic N) is 3. The van der Waals surface area contributed by atoms with E-state index < -0.39 is 6.09 Å². The van der Waals surface area contributed by atoms with Crippen molar-refractivity contribution in [2.24, 2.45) is 0 Å². The average molecular weight is 331 g/mol. The Morgan fingerprint density at radius 2 is 2.37 bits per heavy atom. The van der Waals surface area contributed by atoms with E-state index in [2.05, 4.69) is 36.0 Å². The van der Waals surface area contributed by atoms with Gasteiger partial charge in [-0.25, -0.2) is 9.78 Å². The monoisotopic (exact) mass is 330 g/mol. The number of alkyl carbamates (subject to hydrolysis) is 1. The summed E-state index contributed by atoms with van der Waals surface area (Å²) in [6, 6.07) is 0.0469. The summed E-state index contributed by atoms with van der Waals surface area (Å²) >= 11 is 3.31. The molecule has 1 amide bonds. The van der Waals surface area contributed by atoms with Crippen molar-refractivity contribution in [3.05, 3.63) is 10.7 Å². The van der Waals surface area contributed by atoms with E-state index in [0.29, 0.717) is 22.8 Å². The molecule has 2 heterocycles. The Morgan fingerprint density at radius 1 is 1.58 bits per heavy atom. The first-order chi connectivity index (χ1) is 9.13. The number of methoxy groups -OCH3 is 2. The zero-order valence-electron chi connectivity index (χ0n) is 10.7. The van der Waals surface area contributed by atoms with E-state index in [1.54, 1.807) is 13.3 Å². The van der Waals surface area contributed by atoms with Crippen LogP contribution in [0.25, 0.3) is 0 Å². The van der Waals surface area contributed by atoms with E-state index >= 15 is 0 Å². The molecule has 0 aliphatic carbocycles. The van der Waals surface area contributed by atoms with Gasteiger partial charge in [-0.15, -0.1) is 0 Å². The molecular weight excluding hydrogens is 316 g/mol. The fraction of sp³-hybridized carbons (Fsp3) is 0.545. The number of aromatic nitrogens is 2. The lowest BCUT2D eigenvalue weighted by molar-refractivity contribution is 0.167. The van der Waals surface area contributed by atoms with E-state index in [-0.39, 0.29) is 6.04 Å². The molecule has 1 N–H and O–H groups in total. The third-order valence-electron chi connectivity index (χ3n) is 2.87. The van der Waals surface area contributed by atoms with Gasteiger partial charge in [0.15, 0.2) is 0 Å². The van der Waals surface area contributed by atoms with Gasteiger partial charge in [0.25, 0.3) is 0 Å². The Balaban J connectivity index is 2.02. The Hall–Kier alpha value is -1.57. The molecule has 7 nitrogen and oxygen atoms in total. The van der Waals surface area contributed by atoms with Crippen molar-refractivity contribution >= 4 is 28.0 Å². The molecule has 2 rings (SSSR count). The predicted octanol–water partition coefficient (Wildman–Crippen LogP) is 1.18. The summed E-state index contributed by atoms with van der Waals surface area (Å²) in [4.78, 5) is 21.7. The van der Waals surface area contributed by atoms with Gasteiger partial charge in [0.1, 0.15) is 0 Å². The highest BCUT2D eigenvalue weighted by Crippen LogP contribution is 2.25. The molecule has 1 saturated heterocycles. The normalized spacial score (nSPS) is 18.3. The molecule has 0 aromatic carbocycles. The number of anilines is 1. The van der Waals surface area contributed by atoms with Crippen LogP contribution in [0.1, 0.15) is 6.42 Å². The van der Waals surface area contributed by atoms with Gasteiger partial charge >= 0.3 is 6.09 Å². The number of rotatable bonds is 3. The number of halogens is 1. The average Bonchev–Trinajstić information content (AvgIpc) is 2.87. The molecule has 0 saturated carbocycles. The molecule has 1 fully saturated rings. The van der Waals surface area contributed by atoms with Crippen LogP contribution in [-0.2, 0) is 4.74 Å². The quantitative estimate of drug-likeness (QED) is 0.896. The largest absolute Gasteiger partial charge is 0.480 e. The van der Waals surface area contributed by atoms with Gasteiger partial charge in [-0.2, -0.15) is 4.98 Å². The number of nitrogens with one attached hydrogen (secondary N) is 1. The molecule has 0 bridgehead atoms. The van der Waals surface area contributed by atoms with Gasteiger partial charge in [0.05, 0.1) is 30.9 Å². The minimum absolute atomic E-state index is 0.0469. The van der Waals surface area contributed by atoms with Crippen molar-refractivity contribution in [1.82, 2.24) is 15.3 Å². The molecule has 1 aliphatic rings. The van der Waals surface area contributed by atoms with E-state index in [0.717, 1.165) is 13.0 Å². The molecule has 1 aliphatic heterocycles. The van der Waals surface area contributed by atoms with Gasteiger partial charge < -0.3 is 19.7 Å². The summed E-state index contributed by atoms with van der Waals surface area (Å²) in [5.74, 6) is 1.09.